The van der Waals surface area contributed by atoms with Crippen LogP contribution in [0.4, 0.5) is 5.69 Å². The van der Waals surface area contributed by atoms with E-state index in [1.54, 1.807) is 35.0 Å². The monoisotopic (exact) mass is 440 g/mol. The predicted octanol–water partition coefficient (Wildman–Crippen LogP) is 4.30. The van der Waals surface area contributed by atoms with Crippen molar-refractivity contribution in [3.8, 4) is 11.8 Å². The van der Waals surface area contributed by atoms with Gasteiger partial charge in [0.2, 0.25) is 5.76 Å². The van der Waals surface area contributed by atoms with E-state index in [9.17, 15) is 14.9 Å². The first-order chi connectivity index (χ1) is 16.0. The molecular formula is C25H20N4O4. The fourth-order valence-electron chi connectivity index (χ4n) is 3.48. The van der Waals surface area contributed by atoms with Crippen LogP contribution in [-0.4, -0.2) is 28.3 Å². The van der Waals surface area contributed by atoms with Crippen LogP contribution in [0.15, 0.2) is 65.1 Å². The van der Waals surface area contributed by atoms with Gasteiger partial charge in [0, 0.05) is 22.7 Å². The molecule has 0 saturated carbocycles. The van der Waals surface area contributed by atoms with E-state index >= 15 is 0 Å². The second-order valence-electron chi connectivity index (χ2n) is 7.24. The molecule has 33 heavy (non-hydrogen) atoms. The van der Waals surface area contributed by atoms with Crippen molar-refractivity contribution in [1.29, 1.82) is 5.26 Å². The van der Waals surface area contributed by atoms with Crippen LogP contribution in [0.2, 0.25) is 0 Å². The number of hydrogen-bond donors (Lipinski definition) is 1. The normalized spacial score (nSPS) is 10.9. The largest absolute Gasteiger partial charge is 0.452 e. The SMILES string of the molecule is Cc1nn(-c2ccccc2)c(C)c1/C=C/C(=O)OCC(=O)Nc1c(C#N)oc2ccccc12. The number of aromatic nitrogens is 2. The highest BCUT2D eigenvalue weighted by Gasteiger charge is 2.17. The Bertz CT molecular complexity index is 1410. The number of nitriles is 1. The van der Waals surface area contributed by atoms with Crippen LogP contribution in [0.25, 0.3) is 22.7 Å². The predicted molar refractivity (Wildman–Crippen MR) is 123 cm³/mol. The molecule has 0 atom stereocenters. The van der Waals surface area contributed by atoms with Crippen molar-refractivity contribution in [1.82, 2.24) is 9.78 Å². The Morgan fingerprint density at radius 2 is 1.88 bits per heavy atom. The lowest BCUT2D eigenvalue weighted by atomic mass is 10.2. The first-order valence-electron chi connectivity index (χ1n) is 10.2. The number of carbonyl (C=O) groups is 2. The van der Waals surface area contributed by atoms with E-state index in [2.05, 4.69) is 10.4 Å². The van der Waals surface area contributed by atoms with Crippen molar-refractivity contribution in [3.63, 3.8) is 0 Å². The molecule has 0 saturated heterocycles. The van der Waals surface area contributed by atoms with Gasteiger partial charge in [0.1, 0.15) is 17.3 Å². The highest BCUT2D eigenvalue weighted by Crippen LogP contribution is 2.30. The molecule has 1 N–H and O–H groups in total. The fourth-order valence-corrected chi connectivity index (χ4v) is 3.48. The Morgan fingerprint density at radius 3 is 2.64 bits per heavy atom. The summed E-state index contributed by atoms with van der Waals surface area (Å²) < 4.78 is 12.3. The molecule has 0 unspecified atom stereocenters. The molecule has 8 heteroatoms. The van der Waals surface area contributed by atoms with Crippen LogP contribution >= 0.6 is 0 Å². The molecule has 0 spiro atoms. The average Bonchev–Trinajstić information content (AvgIpc) is 3.33. The zero-order chi connectivity index (χ0) is 23.4. The third-order valence-corrected chi connectivity index (χ3v) is 5.04. The van der Waals surface area contributed by atoms with Gasteiger partial charge in [-0.3, -0.25) is 4.79 Å². The summed E-state index contributed by atoms with van der Waals surface area (Å²) in [5, 5.41) is 17.0. The molecule has 164 valence electrons. The fraction of sp³-hybridized carbons (Fsp3) is 0.120. The molecular weight excluding hydrogens is 420 g/mol. The number of carbonyl (C=O) groups excluding carboxylic acids is 2. The molecule has 4 aromatic rings. The van der Waals surface area contributed by atoms with E-state index in [-0.39, 0.29) is 11.4 Å². The van der Waals surface area contributed by atoms with Crippen molar-refractivity contribution in [2.24, 2.45) is 0 Å². The van der Waals surface area contributed by atoms with Crippen LogP contribution in [-0.2, 0) is 14.3 Å². The van der Waals surface area contributed by atoms with Gasteiger partial charge in [-0.2, -0.15) is 10.4 Å². The molecule has 0 bridgehead atoms. The van der Waals surface area contributed by atoms with Crippen molar-refractivity contribution < 1.29 is 18.7 Å². The Labute approximate surface area is 189 Å². The summed E-state index contributed by atoms with van der Waals surface area (Å²) in [4.78, 5) is 24.5. The van der Waals surface area contributed by atoms with Crippen molar-refractivity contribution in [2.75, 3.05) is 11.9 Å². The summed E-state index contributed by atoms with van der Waals surface area (Å²) in [6.07, 6.45) is 2.88. The number of furan rings is 1. The third kappa shape index (κ3) is 4.52. The van der Waals surface area contributed by atoms with E-state index in [0.717, 1.165) is 22.6 Å². The zero-order valence-electron chi connectivity index (χ0n) is 18.0. The van der Waals surface area contributed by atoms with Gasteiger partial charge >= 0.3 is 5.97 Å². The number of rotatable bonds is 6. The summed E-state index contributed by atoms with van der Waals surface area (Å²) in [5.41, 5.74) is 4.07. The number of ether oxygens (including phenoxy) is 1. The number of benzene rings is 2. The molecule has 0 aliphatic carbocycles. The first kappa shape index (κ1) is 21.6. The van der Waals surface area contributed by atoms with Gasteiger partial charge in [-0.15, -0.1) is 0 Å². The van der Waals surface area contributed by atoms with Gasteiger partial charge in [-0.25, -0.2) is 9.48 Å². The number of hydrogen-bond acceptors (Lipinski definition) is 6. The van der Waals surface area contributed by atoms with E-state index in [1.165, 1.54) is 6.08 Å². The molecule has 0 radical (unpaired) electrons. The van der Waals surface area contributed by atoms with Gasteiger partial charge in [0.25, 0.3) is 5.91 Å². The van der Waals surface area contributed by atoms with Gasteiger partial charge < -0.3 is 14.5 Å². The minimum absolute atomic E-state index is 0.0165. The van der Waals surface area contributed by atoms with Crippen molar-refractivity contribution >= 4 is 34.6 Å². The molecule has 2 aromatic carbocycles. The van der Waals surface area contributed by atoms with Crippen LogP contribution in [0.5, 0.6) is 0 Å². The molecule has 8 nitrogen and oxygen atoms in total. The Balaban J connectivity index is 1.40. The number of anilines is 1. The molecule has 4 rings (SSSR count). The van der Waals surface area contributed by atoms with Crippen molar-refractivity contribution in [3.05, 3.63) is 83.4 Å². The smallest absolute Gasteiger partial charge is 0.331 e. The van der Waals surface area contributed by atoms with Crippen LogP contribution in [0, 0.1) is 25.2 Å². The first-order valence-corrected chi connectivity index (χ1v) is 10.2. The Morgan fingerprint density at radius 1 is 1.15 bits per heavy atom. The summed E-state index contributed by atoms with van der Waals surface area (Å²) in [7, 11) is 0. The standard InChI is InChI=1S/C25H20N4O4/c1-16-19(17(2)29(28-16)18-8-4-3-5-9-18)12-13-24(31)32-15-23(30)27-25-20-10-6-7-11-21(20)33-22(25)14-26/h3-13H,15H2,1-2H3,(H,27,30)/b13-12+. The third-order valence-electron chi connectivity index (χ3n) is 5.04. The molecule has 0 aliphatic heterocycles. The lowest BCUT2D eigenvalue weighted by Crippen LogP contribution is -2.20. The van der Waals surface area contributed by atoms with Crippen LogP contribution in [0.3, 0.4) is 0 Å². The highest BCUT2D eigenvalue weighted by atomic mass is 16.5. The minimum atomic E-state index is -0.672. The number of nitrogens with one attached hydrogen (secondary N) is 1. The van der Waals surface area contributed by atoms with Gasteiger partial charge in [0.05, 0.1) is 11.4 Å². The molecule has 0 aliphatic rings. The van der Waals surface area contributed by atoms with Gasteiger partial charge in [-0.1, -0.05) is 30.3 Å². The second kappa shape index (κ2) is 9.24. The molecule has 2 aromatic heterocycles. The highest BCUT2D eigenvalue weighted by molar-refractivity contribution is 6.03. The Kier molecular flexibility index (Phi) is 6.04. The zero-order valence-corrected chi connectivity index (χ0v) is 18.0. The number of fused-ring (bicyclic) bond motifs is 1. The maximum Gasteiger partial charge on any atom is 0.331 e. The maximum atomic E-state index is 12.3. The summed E-state index contributed by atoms with van der Waals surface area (Å²) in [5.74, 6) is -1.27. The number of amides is 1. The minimum Gasteiger partial charge on any atom is -0.452 e. The van der Waals surface area contributed by atoms with E-state index in [0.29, 0.717) is 11.0 Å². The van der Waals surface area contributed by atoms with E-state index in [1.807, 2.05) is 50.2 Å². The van der Waals surface area contributed by atoms with Gasteiger partial charge in [-0.05, 0) is 44.2 Å². The van der Waals surface area contributed by atoms with Crippen LogP contribution in [0.1, 0.15) is 22.7 Å². The van der Waals surface area contributed by atoms with E-state index < -0.39 is 18.5 Å². The second-order valence-corrected chi connectivity index (χ2v) is 7.24. The molecule has 2 heterocycles. The summed E-state index contributed by atoms with van der Waals surface area (Å²) in [6.45, 7) is 3.26. The molecule has 0 fully saturated rings. The molecule has 1 amide bonds. The van der Waals surface area contributed by atoms with Crippen LogP contribution < -0.4 is 5.32 Å². The average molecular weight is 440 g/mol. The topological polar surface area (TPSA) is 110 Å². The lowest BCUT2D eigenvalue weighted by Gasteiger charge is -2.04. The summed E-state index contributed by atoms with van der Waals surface area (Å²) in [6, 6.07) is 18.5. The summed E-state index contributed by atoms with van der Waals surface area (Å²) >= 11 is 0. The van der Waals surface area contributed by atoms with Crippen molar-refractivity contribution in [2.45, 2.75) is 13.8 Å². The Hall–Kier alpha value is -4.64. The van der Waals surface area contributed by atoms with E-state index in [4.69, 9.17) is 9.15 Å². The number of aryl methyl sites for hydroxylation is 1. The quantitative estimate of drug-likeness (QED) is 0.354. The lowest BCUT2D eigenvalue weighted by molar-refractivity contribution is -0.142. The maximum absolute atomic E-state index is 12.3. The van der Waals surface area contributed by atoms with Gasteiger partial charge in [0.15, 0.2) is 6.61 Å². The number of esters is 1. The number of para-hydroxylation sites is 2. The number of nitrogens with zero attached hydrogens (tertiary/aromatic N) is 3.